The number of ketones is 1. The fourth-order valence-corrected chi connectivity index (χ4v) is 3.60. The van der Waals surface area contributed by atoms with Gasteiger partial charge in [-0.05, 0) is 46.0 Å². The average Bonchev–Trinajstić information content (AvgIpc) is 3.14. The first-order valence-electron chi connectivity index (χ1n) is 9.51. The third-order valence-corrected chi connectivity index (χ3v) is 5.13. The zero-order valence-corrected chi connectivity index (χ0v) is 16.4. The van der Waals surface area contributed by atoms with Gasteiger partial charge in [-0.2, -0.15) is 0 Å². The molecule has 2 aromatic rings. The molecule has 0 N–H and O–H groups in total. The lowest BCUT2D eigenvalue weighted by atomic mass is 9.96. The molecule has 0 radical (unpaired) electrons. The van der Waals surface area contributed by atoms with Crippen molar-refractivity contribution in [2.45, 2.75) is 32.2 Å². The second kappa shape index (κ2) is 8.48. The Balaban J connectivity index is 1.73. The summed E-state index contributed by atoms with van der Waals surface area (Å²) >= 11 is 0. The number of Topliss-reactive ketones (excluding diaryl/α,β-unsaturated/α-hetero) is 1. The first-order valence-corrected chi connectivity index (χ1v) is 9.51. The van der Waals surface area contributed by atoms with E-state index in [1.54, 1.807) is 24.3 Å². The minimum Gasteiger partial charge on any atom is -0.338 e. The highest BCUT2D eigenvalue weighted by Gasteiger charge is 2.28. The zero-order chi connectivity index (χ0) is 19.4. The van der Waals surface area contributed by atoms with Crippen LogP contribution in [0.5, 0.6) is 0 Å². The quantitative estimate of drug-likeness (QED) is 0.736. The van der Waals surface area contributed by atoms with Crippen LogP contribution in [-0.4, -0.2) is 64.8 Å². The lowest BCUT2D eigenvalue weighted by Gasteiger charge is -2.33. The Morgan fingerprint density at radius 3 is 2.78 bits per heavy atom. The SMILES string of the molecule is CC(=O)c1cccc(C(=O)N2CCCC(c3nccn3CCN(C)C)C2)c1. The van der Waals surface area contributed by atoms with Gasteiger partial charge in [0.2, 0.25) is 0 Å². The topological polar surface area (TPSA) is 58.4 Å². The molecule has 1 aliphatic heterocycles. The number of likely N-dealkylation sites (tertiary alicyclic amines) is 1. The Morgan fingerprint density at radius 1 is 1.26 bits per heavy atom. The van der Waals surface area contributed by atoms with E-state index >= 15 is 0 Å². The minimum absolute atomic E-state index is 0.00537. The van der Waals surface area contributed by atoms with Gasteiger partial charge in [0, 0.05) is 55.6 Å². The number of hydrogen-bond acceptors (Lipinski definition) is 4. The molecule has 1 fully saturated rings. The fourth-order valence-electron chi connectivity index (χ4n) is 3.60. The minimum atomic E-state index is -0.0240. The van der Waals surface area contributed by atoms with Crippen molar-refractivity contribution in [3.05, 3.63) is 53.6 Å². The standard InChI is InChI=1S/C21H28N4O2/c1-16(26)17-6-4-7-18(14-17)21(27)25-10-5-8-19(15-25)20-22-9-11-24(20)13-12-23(2)3/h4,6-7,9,11,14,19H,5,8,10,12-13,15H2,1-3H3. The molecule has 3 rings (SSSR count). The first-order chi connectivity index (χ1) is 13.0. The molecular weight excluding hydrogens is 340 g/mol. The van der Waals surface area contributed by atoms with Crippen LogP contribution in [-0.2, 0) is 6.54 Å². The second-order valence-corrected chi connectivity index (χ2v) is 7.51. The third kappa shape index (κ3) is 4.63. The highest BCUT2D eigenvalue weighted by molar-refractivity contribution is 5.99. The maximum absolute atomic E-state index is 13.0. The summed E-state index contributed by atoms with van der Waals surface area (Å²) < 4.78 is 2.20. The van der Waals surface area contributed by atoms with Crippen LogP contribution in [0.4, 0.5) is 0 Å². The van der Waals surface area contributed by atoms with Gasteiger partial charge in [0.1, 0.15) is 5.82 Å². The largest absolute Gasteiger partial charge is 0.338 e. The van der Waals surface area contributed by atoms with Crippen molar-refractivity contribution in [1.82, 2.24) is 19.4 Å². The molecule has 2 heterocycles. The summed E-state index contributed by atoms with van der Waals surface area (Å²) in [5.41, 5.74) is 1.16. The molecule has 1 aromatic heterocycles. The molecule has 0 aliphatic carbocycles. The molecule has 6 nitrogen and oxygen atoms in total. The number of imidazole rings is 1. The van der Waals surface area contributed by atoms with Gasteiger partial charge in [0.25, 0.3) is 5.91 Å². The van der Waals surface area contributed by atoms with E-state index < -0.39 is 0 Å². The van der Waals surface area contributed by atoms with E-state index in [1.807, 2.05) is 17.3 Å². The van der Waals surface area contributed by atoms with Crippen LogP contribution in [0.3, 0.4) is 0 Å². The number of rotatable bonds is 6. The summed E-state index contributed by atoms with van der Waals surface area (Å²) in [6, 6.07) is 7.02. The van der Waals surface area contributed by atoms with Gasteiger partial charge in [-0.1, -0.05) is 12.1 Å². The van der Waals surface area contributed by atoms with Crippen molar-refractivity contribution in [1.29, 1.82) is 0 Å². The molecular formula is C21H28N4O2. The predicted molar refractivity (Wildman–Crippen MR) is 105 cm³/mol. The van der Waals surface area contributed by atoms with Crippen LogP contribution in [0.1, 0.15) is 52.2 Å². The van der Waals surface area contributed by atoms with Crippen LogP contribution in [0.25, 0.3) is 0 Å². The normalized spacial score (nSPS) is 17.3. The number of likely N-dealkylation sites (N-methyl/N-ethyl adjacent to an activating group) is 1. The van der Waals surface area contributed by atoms with Gasteiger partial charge in [0.15, 0.2) is 5.78 Å². The molecule has 0 bridgehead atoms. The molecule has 1 atom stereocenters. The number of carbonyl (C=O) groups excluding carboxylic acids is 2. The van der Waals surface area contributed by atoms with Crippen LogP contribution >= 0.6 is 0 Å². The van der Waals surface area contributed by atoms with Gasteiger partial charge in [0.05, 0.1) is 0 Å². The third-order valence-electron chi connectivity index (χ3n) is 5.13. The molecule has 6 heteroatoms. The van der Waals surface area contributed by atoms with E-state index in [1.165, 1.54) is 6.92 Å². The van der Waals surface area contributed by atoms with Crippen molar-refractivity contribution in [3.63, 3.8) is 0 Å². The summed E-state index contributed by atoms with van der Waals surface area (Å²) in [6.07, 6.45) is 5.87. The Kier molecular flexibility index (Phi) is 6.06. The zero-order valence-electron chi connectivity index (χ0n) is 16.4. The number of hydrogen-bond donors (Lipinski definition) is 0. The predicted octanol–water partition coefficient (Wildman–Crippen LogP) is 2.67. The monoisotopic (exact) mass is 368 g/mol. The van der Waals surface area contributed by atoms with Crippen LogP contribution in [0.15, 0.2) is 36.7 Å². The van der Waals surface area contributed by atoms with Crippen LogP contribution < -0.4 is 0 Å². The lowest BCUT2D eigenvalue weighted by molar-refractivity contribution is 0.0703. The second-order valence-electron chi connectivity index (χ2n) is 7.51. The number of nitrogens with zero attached hydrogens (tertiary/aromatic N) is 4. The van der Waals surface area contributed by atoms with E-state index in [0.717, 1.165) is 38.3 Å². The number of piperidine rings is 1. The Hall–Kier alpha value is -2.47. The molecule has 1 saturated heterocycles. The van der Waals surface area contributed by atoms with Gasteiger partial charge in [-0.3, -0.25) is 9.59 Å². The smallest absolute Gasteiger partial charge is 0.253 e. The summed E-state index contributed by atoms with van der Waals surface area (Å²) in [6.45, 7) is 4.79. The number of benzene rings is 1. The molecule has 1 unspecified atom stereocenters. The first kappa shape index (κ1) is 19.3. The van der Waals surface area contributed by atoms with Gasteiger partial charge >= 0.3 is 0 Å². The van der Waals surface area contributed by atoms with Crippen molar-refractivity contribution in [2.75, 3.05) is 33.7 Å². The van der Waals surface area contributed by atoms with Crippen molar-refractivity contribution in [2.24, 2.45) is 0 Å². The summed E-state index contributed by atoms with van der Waals surface area (Å²) in [4.78, 5) is 33.2. The Morgan fingerprint density at radius 2 is 2.04 bits per heavy atom. The highest BCUT2D eigenvalue weighted by atomic mass is 16.2. The van der Waals surface area contributed by atoms with E-state index in [-0.39, 0.29) is 17.6 Å². The molecule has 144 valence electrons. The van der Waals surface area contributed by atoms with Gasteiger partial charge in [-0.15, -0.1) is 0 Å². The number of aromatic nitrogens is 2. The summed E-state index contributed by atoms with van der Waals surface area (Å²) in [5.74, 6) is 1.28. The molecule has 27 heavy (non-hydrogen) atoms. The molecule has 1 amide bonds. The maximum Gasteiger partial charge on any atom is 0.253 e. The van der Waals surface area contributed by atoms with E-state index in [9.17, 15) is 9.59 Å². The molecule has 1 aromatic carbocycles. The van der Waals surface area contributed by atoms with E-state index in [0.29, 0.717) is 17.7 Å². The molecule has 0 spiro atoms. The molecule has 1 aliphatic rings. The van der Waals surface area contributed by atoms with Crippen LogP contribution in [0.2, 0.25) is 0 Å². The number of carbonyl (C=O) groups is 2. The maximum atomic E-state index is 13.0. The highest BCUT2D eigenvalue weighted by Crippen LogP contribution is 2.27. The number of amides is 1. The van der Waals surface area contributed by atoms with Crippen molar-refractivity contribution < 1.29 is 9.59 Å². The lowest BCUT2D eigenvalue weighted by Crippen LogP contribution is -2.40. The van der Waals surface area contributed by atoms with Crippen LogP contribution in [0, 0.1) is 0 Å². The molecule has 0 saturated carbocycles. The fraction of sp³-hybridized carbons (Fsp3) is 0.476. The average molecular weight is 368 g/mol. The van der Waals surface area contributed by atoms with Gasteiger partial charge in [-0.25, -0.2) is 4.98 Å². The van der Waals surface area contributed by atoms with E-state index in [2.05, 4.69) is 28.5 Å². The van der Waals surface area contributed by atoms with E-state index in [4.69, 9.17) is 0 Å². The van der Waals surface area contributed by atoms with Gasteiger partial charge < -0.3 is 14.4 Å². The van der Waals surface area contributed by atoms with Crippen molar-refractivity contribution >= 4 is 11.7 Å². The van der Waals surface area contributed by atoms with Crippen molar-refractivity contribution in [3.8, 4) is 0 Å². The summed E-state index contributed by atoms with van der Waals surface area (Å²) in [5, 5.41) is 0. The Bertz CT molecular complexity index is 812. The summed E-state index contributed by atoms with van der Waals surface area (Å²) in [7, 11) is 4.12. The Labute approximate surface area is 160 Å².